The minimum atomic E-state index is -3.60. The van der Waals surface area contributed by atoms with Crippen LogP contribution in [-0.2, 0) is 10.0 Å². The number of ether oxygens (including phenoxy) is 1. The van der Waals surface area contributed by atoms with Gasteiger partial charge >= 0.3 is 0 Å². The second-order valence-corrected chi connectivity index (χ2v) is 7.17. The van der Waals surface area contributed by atoms with Crippen LogP contribution in [0.4, 0.5) is 0 Å². The van der Waals surface area contributed by atoms with Gasteiger partial charge in [0, 0.05) is 11.1 Å². The zero-order valence-corrected chi connectivity index (χ0v) is 13.4. The van der Waals surface area contributed by atoms with E-state index in [9.17, 15) is 8.42 Å². The Hall–Kier alpha value is -0.780. The summed E-state index contributed by atoms with van der Waals surface area (Å²) in [6, 6.07) is 3.17. The molecule has 4 nitrogen and oxygen atoms in total. The Labute approximate surface area is 125 Å². The van der Waals surface area contributed by atoms with Gasteiger partial charge in [-0.25, -0.2) is 13.1 Å². The van der Waals surface area contributed by atoms with Gasteiger partial charge in [-0.2, -0.15) is 0 Å². The van der Waals surface area contributed by atoms with Crippen LogP contribution < -0.4 is 9.46 Å². The molecule has 0 unspecified atom stereocenters. The highest BCUT2D eigenvalue weighted by Gasteiger charge is 2.26. The minimum Gasteiger partial charge on any atom is -0.492 e. The summed E-state index contributed by atoms with van der Waals surface area (Å²) < 4.78 is 33.2. The summed E-state index contributed by atoms with van der Waals surface area (Å²) in [6.45, 7) is 4.06. The van der Waals surface area contributed by atoms with Gasteiger partial charge in [0.05, 0.1) is 6.61 Å². The van der Waals surface area contributed by atoms with Gasteiger partial charge in [0.15, 0.2) is 0 Å². The highest BCUT2D eigenvalue weighted by atomic mass is 35.5. The molecule has 112 valence electrons. The molecule has 1 aromatic rings. The molecule has 2 rings (SSSR count). The Kier molecular flexibility index (Phi) is 4.94. The lowest BCUT2D eigenvalue weighted by Gasteiger charge is -2.16. The molecule has 1 aliphatic carbocycles. The molecular weight excluding hydrogens is 298 g/mol. The van der Waals surface area contributed by atoms with Crippen LogP contribution in [0.3, 0.4) is 0 Å². The van der Waals surface area contributed by atoms with E-state index in [1.54, 1.807) is 6.07 Å². The number of hydrogen-bond donors (Lipinski definition) is 1. The monoisotopic (exact) mass is 317 g/mol. The number of aryl methyl sites for hydroxylation is 1. The predicted molar refractivity (Wildman–Crippen MR) is 79.9 cm³/mol. The van der Waals surface area contributed by atoms with Crippen molar-refractivity contribution in [3.05, 3.63) is 22.7 Å². The third-order valence-electron chi connectivity index (χ3n) is 3.49. The van der Waals surface area contributed by atoms with Gasteiger partial charge in [0.25, 0.3) is 0 Å². The van der Waals surface area contributed by atoms with Crippen molar-refractivity contribution < 1.29 is 13.2 Å². The maximum absolute atomic E-state index is 12.5. The largest absolute Gasteiger partial charge is 0.492 e. The maximum Gasteiger partial charge on any atom is 0.244 e. The van der Waals surface area contributed by atoms with Crippen LogP contribution in [-0.4, -0.2) is 21.1 Å². The van der Waals surface area contributed by atoms with E-state index in [2.05, 4.69) is 4.72 Å². The van der Waals surface area contributed by atoms with Crippen molar-refractivity contribution in [2.24, 2.45) is 0 Å². The van der Waals surface area contributed by atoms with Crippen LogP contribution in [0.15, 0.2) is 17.0 Å². The minimum absolute atomic E-state index is 0.0227. The summed E-state index contributed by atoms with van der Waals surface area (Å²) in [4.78, 5) is 0.127. The number of hydrogen-bond acceptors (Lipinski definition) is 3. The molecule has 0 heterocycles. The summed E-state index contributed by atoms with van der Waals surface area (Å²) in [5.74, 6) is 0.361. The normalized spacial score (nSPS) is 16.6. The zero-order valence-electron chi connectivity index (χ0n) is 11.8. The topological polar surface area (TPSA) is 55.4 Å². The number of nitrogens with one attached hydrogen (secondary N) is 1. The molecule has 1 aliphatic rings. The lowest BCUT2D eigenvalue weighted by molar-refractivity contribution is 0.330. The third-order valence-corrected chi connectivity index (χ3v) is 5.44. The van der Waals surface area contributed by atoms with Crippen LogP contribution in [0, 0.1) is 6.92 Å². The van der Waals surface area contributed by atoms with Crippen LogP contribution in [0.2, 0.25) is 5.02 Å². The molecule has 0 aliphatic heterocycles. The van der Waals surface area contributed by atoms with Crippen LogP contribution in [0.5, 0.6) is 5.75 Å². The van der Waals surface area contributed by atoms with E-state index in [4.69, 9.17) is 16.3 Å². The Morgan fingerprint density at radius 1 is 1.35 bits per heavy atom. The molecule has 0 spiro atoms. The van der Waals surface area contributed by atoms with Gasteiger partial charge in [-0.15, -0.1) is 0 Å². The number of halogens is 1. The Bertz CT molecular complexity index is 580. The molecule has 6 heteroatoms. The average molecular weight is 318 g/mol. The van der Waals surface area contributed by atoms with Gasteiger partial charge in [-0.1, -0.05) is 24.4 Å². The fourth-order valence-corrected chi connectivity index (χ4v) is 4.13. The first-order chi connectivity index (χ1) is 9.44. The molecular formula is C14H20ClNO3S. The first kappa shape index (κ1) is 15.6. The van der Waals surface area contributed by atoms with Gasteiger partial charge < -0.3 is 4.74 Å². The summed E-state index contributed by atoms with van der Waals surface area (Å²) in [5.41, 5.74) is 0.801. The van der Waals surface area contributed by atoms with Gasteiger partial charge in [0.1, 0.15) is 10.6 Å². The lowest BCUT2D eigenvalue weighted by Crippen LogP contribution is -2.33. The quantitative estimate of drug-likeness (QED) is 0.906. The average Bonchev–Trinajstić information content (AvgIpc) is 2.85. The molecule has 0 saturated heterocycles. The SMILES string of the molecule is CCOc1cc(C)c(Cl)cc1S(=O)(=O)NC1CCCC1. The molecule has 1 saturated carbocycles. The summed E-state index contributed by atoms with van der Waals surface area (Å²) in [7, 11) is -3.60. The zero-order chi connectivity index (χ0) is 14.8. The fourth-order valence-electron chi connectivity index (χ4n) is 2.44. The van der Waals surface area contributed by atoms with Gasteiger partial charge in [-0.3, -0.25) is 0 Å². The predicted octanol–water partition coefficient (Wildman–Crippen LogP) is 3.27. The molecule has 0 amide bonds. The van der Waals surface area contributed by atoms with Crippen molar-refractivity contribution in [3.8, 4) is 5.75 Å². The Morgan fingerprint density at radius 2 is 2.00 bits per heavy atom. The van der Waals surface area contributed by atoms with Crippen LogP contribution in [0.1, 0.15) is 38.2 Å². The molecule has 0 bridgehead atoms. The summed E-state index contributed by atoms with van der Waals surface area (Å²) >= 11 is 6.06. The van der Waals surface area contributed by atoms with E-state index in [0.29, 0.717) is 17.4 Å². The lowest BCUT2D eigenvalue weighted by atomic mass is 10.2. The number of rotatable bonds is 5. The van der Waals surface area contributed by atoms with E-state index in [0.717, 1.165) is 31.2 Å². The van der Waals surface area contributed by atoms with Crippen molar-refractivity contribution in [3.63, 3.8) is 0 Å². The highest BCUT2D eigenvalue weighted by molar-refractivity contribution is 7.89. The number of benzene rings is 1. The van der Waals surface area contributed by atoms with Crippen LogP contribution >= 0.6 is 11.6 Å². The van der Waals surface area contributed by atoms with E-state index in [1.165, 1.54) is 6.07 Å². The van der Waals surface area contributed by atoms with Gasteiger partial charge in [-0.05, 0) is 44.4 Å². The molecule has 0 aromatic heterocycles. The third kappa shape index (κ3) is 3.45. The van der Waals surface area contributed by atoms with Crippen molar-refractivity contribution in [1.82, 2.24) is 4.72 Å². The fraction of sp³-hybridized carbons (Fsp3) is 0.571. The van der Waals surface area contributed by atoms with E-state index in [-0.39, 0.29) is 10.9 Å². The Balaban J connectivity index is 2.35. The van der Waals surface area contributed by atoms with Crippen molar-refractivity contribution in [2.45, 2.75) is 50.5 Å². The van der Waals surface area contributed by atoms with Gasteiger partial charge in [0.2, 0.25) is 10.0 Å². The molecule has 1 aromatic carbocycles. The van der Waals surface area contributed by atoms with E-state index in [1.807, 2.05) is 13.8 Å². The van der Waals surface area contributed by atoms with Crippen LogP contribution in [0.25, 0.3) is 0 Å². The second-order valence-electron chi connectivity index (χ2n) is 5.08. The highest BCUT2D eigenvalue weighted by Crippen LogP contribution is 2.31. The maximum atomic E-state index is 12.5. The van der Waals surface area contributed by atoms with Crippen molar-refractivity contribution in [1.29, 1.82) is 0 Å². The molecule has 0 atom stereocenters. The van der Waals surface area contributed by atoms with E-state index < -0.39 is 10.0 Å². The second kappa shape index (κ2) is 6.33. The summed E-state index contributed by atoms with van der Waals surface area (Å²) in [6.07, 6.45) is 3.92. The number of sulfonamides is 1. The molecule has 0 radical (unpaired) electrons. The first-order valence-corrected chi connectivity index (χ1v) is 8.75. The molecule has 1 N–H and O–H groups in total. The molecule has 20 heavy (non-hydrogen) atoms. The standard InChI is InChI=1S/C14H20ClNO3S/c1-3-19-13-8-10(2)12(15)9-14(13)20(17,18)16-11-6-4-5-7-11/h8-9,11,16H,3-7H2,1-2H3. The smallest absolute Gasteiger partial charge is 0.244 e. The first-order valence-electron chi connectivity index (χ1n) is 6.89. The Morgan fingerprint density at radius 3 is 2.60 bits per heavy atom. The van der Waals surface area contributed by atoms with Crippen molar-refractivity contribution in [2.75, 3.05) is 6.61 Å². The molecule has 1 fully saturated rings. The van der Waals surface area contributed by atoms with E-state index >= 15 is 0 Å². The van der Waals surface area contributed by atoms with Crippen molar-refractivity contribution >= 4 is 21.6 Å². The summed E-state index contributed by atoms with van der Waals surface area (Å²) in [5, 5.41) is 0.431.